The fraction of sp³-hybridized carbons (Fsp3) is 0.550. The molecule has 1 aromatic carbocycles. The van der Waals surface area contributed by atoms with Gasteiger partial charge in [-0.25, -0.2) is 0 Å². The number of ether oxygens (including phenoxy) is 1. The highest BCUT2D eigenvalue weighted by atomic mass is 35.5. The molecule has 3 rings (SSSR count). The molecule has 158 valence electrons. The van der Waals surface area contributed by atoms with E-state index in [2.05, 4.69) is 4.90 Å². The van der Waals surface area contributed by atoms with Gasteiger partial charge in [0, 0.05) is 37.7 Å². The fourth-order valence-corrected chi connectivity index (χ4v) is 4.37. The Kier molecular flexibility index (Phi) is 6.97. The SMILES string of the molecule is CC(CN1CCN(C(=O)Cn2c(=O)sc3ccc(Cl)cc32)CC1)OC(=O)C(C)C. The molecule has 2 aromatic rings. The van der Waals surface area contributed by atoms with E-state index in [1.165, 1.54) is 4.57 Å². The molecular formula is C20H26ClN3O4S. The minimum atomic E-state index is -0.195. The van der Waals surface area contributed by atoms with E-state index in [1.54, 1.807) is 23.1 Å². The predicted octanol–water partition coefficient (Wildman–Crippen LogP) is 2.45. The van der Waals surface area contributed by atoms with E-state index in [9.17, 15) is 14.4 Å². The van der Waals surface area contributed by atoms with Crippen molar-refractivity contribution in [2.24, 2.45) is 5.92 Å². The molecule has 0 saturated carbocycles. The number of hydrogen-bond acceptors (Lipinski definition) is 6. The van der Waals surface area contributed by atoms with E-state index in [-0.39, 0.29) is 35.3 Å². The Morgan fingerprint density at radius 1 is 1.17 bits per heavy atom. The molecule has 9 heteroatoms. The summed E-state index contributed by atoms with van der Waals surface area (Å²) in [6.07, 6.45) is -0.187. The molecular weight excluding hydrogens is 414 g/mol. The molecule has 1 fully saturated rings. The molecule has 1 aromatic heterocycles. The van der Waals surface area contributed by atoms with Crippen LogP contribution < -0.4 is 4.87 Å². The average molecular weight is 440 g/mol. The van der Waals surface area contributed by atoms with Crippen molar-refractivity contribution in [3.8, 4) is 0 Å². The summed E-state index contributed by atoms with van der Waals surface area (Å²) < 4.78 is 7.73. The first-order valence-corrected chi connectivity index (χ1v) is 10.9. The van der Waals surface area contributed by atoms with Crippen LogP contribution in [0.5, 0.6) is 0 Å². The molecule has 7 nitrogen and oxygen atoms in total. The van der Waals surface area contributed by atoms with E-state index in [4.69, 9.17) is 16.3 Å². The van der Waals surface area contributed by atoms with Gasteiger partial charge >= 0.3 is 10.8 Å². The van der Waals surface area contributed by atoms with Crippen molar-refractivity contribution < 1.29 is 14.3 Å². The normalized spacial score (nSPS) is 16.4. The summed E-state index contributed by atoms with van der Waals surface area (Å²) >= 11 is 7.17. The van der Waals surface area contributed by atoms with Crippen molar-refractivity contribution in [3.05, 3.63) is 32.9 Å². The number of halogens is 1. The highest BCUT2D eigenvalue weighted by molar-refractivity contribution is 7.16. The van der Waals surface area contributed by atoms with Crippen LogP contribution in [0.2, 0.25) is 5.02 Å². The molecule has 29 heavy (non-hydrogen) atoms. The minimum Gasteiger partial charge on any atom is -0.461 e. The number of carbonyl (C=O) groups is 2. The molecule has 1 unspecified atom stereocenters. The quantitative estimate of drug-likeness (QED) is 0.646. The Hall–Kier alpha value is -1.90. The number of rotatable bonds is 6. The fourth-order valence-electron chi connectivity index (χ4n) is 3.34. The molecule has 0 radical (unpaired) electrons. The second-order valence-electron chi connectivity index (χ2n) is 7.65. The number of thiazole rings is 1. The van der Waals surface area contributed by atoms with Crippen molar-refractivity contribution in [2.45, 2.75) is 33.4 Å². The first-order chi connectivity index (χ1) is 13.7. The summed E-state index contributed by atoms with van der Waals surface area (Å²) in [4.78, 5) is 40.6. The number of carbonyl (C=O) groups excluding carboxylic acids is 2. The molecule has 0 N–H and O–H groups in total. The topological polar surface area (TPSA) is 71.8 Å². The van der Waals surface area contributed by atoms with Crippen molar-refractivity contribution >= 4 is 45.0 Å². The number of benzene rings is 1. The van der Waals surface area contributed by atoms with Crippen LogP contribution in [0.4, 0.5) is 0 Å². The van der Waals surface area contributed by atoms with Gasteiger partial charge in [0.2, 0.25) is 5.91 Å². The largest absolute Gasteiger partial charge is 0.461 e. The minimum absolute atomic E-state index is 0.0155. The zero-order valence-electron chi connectivity index (χ0n) is 16.9. The number of esters is 1. The lowest BCUT2D eigenvalue weighted by Crippen LogP contribution is -2.51. The third kappa shape index (κ3) is 5.38. The van der Waals surface area contributed by atoms with Crippen LogP contribution >= 0.6 is 22.9 Å². The van der Waals surface area contributed by atoms with E-state index < -0.39 is 0 Å². The van der Waals surface area contributed by atoms with Gasteiger partial charge in [-0.05, 0) is 25.1 Å². The van der Waals surface area contributed by atoms with Crippen LogP contribution in [0.15, 0.2) is 23.0 Å². The number of fused-ring (bicyclic) bond motifs is 1. The van der Waals surface area contributed by atoms with Gasteiger partial charge in [-0.2, -0.15) is 0 Å². The van der Waals surface area contributed by atoms with E-state index in [1.807, 2.05) is 20.8 Å². The van der Waals surface area contributed by atoms with Crippen LogP contribution in [-0.2, 0) is 20.9 Å². The van der Waals surface area contributed by atoms with Gasteiger partial charge in [0.15, 0.2) is 0 Å². The standard InChI is InChI=1S/C20H26ClN3O4S/c1-13(2)19(26)28-14(3)11-22-6-8-23(9-7-22)18(25)12-24-16-10-15(21)4-5-17(16)29-20(24)27/h4-5,10,13-14H,6-9,11-12H2,1-3H3. The third-order valence-corrected chi connectivity index (χ3v) is 6.15. The number of piperazine rings is 1. The van der Waals surface area contributed by atoms with Crippen LogP contribution in [0.25, 0.3) is 10.2 Å². The van der Waals surface area contributed by atoms with Crippen LogP contribution in [0.1, 0.15) is 20.8 Å². The van der Waals surface area contributed by atoms with E-state index >= 15 is 0 Å². The van der Waals surface area contributed by atoms with Crippen molar-refractivity contribution in [2.75, 3.05) is 32.7 Å². The maximum atomic E-state index is 12.7. The van der Waals surface area contributed by atoms with Gasteiger partial charge in [-0.15, -0.1) is 0 Å². The zero-order chi connectivity index (χ0) is 21.1. The Bertz CT molecular complexity index is 947. The lowest BCUT2D eigenvalue weighted by Gasteiger charge is -2.35. The summed E-state index contributed by atoms with van der Waals surface area (Å²) in [5.41, 5.74) is 0.695. The smallest absolute Gasteiger partial charge is 0.308 e. The van der Waals surface area contributed by atoms with Gasteiger partial charge in [0.1, 0.15) is 12.6 Å². The average Bonchev–Trinajstić information content (AvgIpc) is 2.97. The number of aromatic nitrogens is 1. The summed E-state index contributed by atoms with van der Waals surface area (Å²) in [6.45, 7) is 8.76. The zero-order valence-corrected chi connectivity index (χ0v) is 18.5. The second kappa shape index (κ2) is 9.28. The third-order valence-electron chi connectivity index (χ3n) is 4.95. The van der Waals surface area contributed by atoms with Crippen LogP contribution in [0, 0.1) is 5.92 Å². The molecule has 1 atom stereocenters. The molecule has 0 aliphatic carbocycles. The van der Waals surface area contributed by atoms with Crippen molar-refractivity contribution in [3.63, 3.8) is 0 Å². The lowest BCUT2D eigenvalue weighted by molar-refractivity contribution is -0.153. The summed E-state index contributed by atoms with van der Waals surface area (Å²) in [7, 11) is 0. The first kappa shape index (κ1) is 21.8. The molecule has 1 aliphatic heterocycles. The van der Waals surface area contributed by atoms with Crippen LogP contribution in [0.3, 0.4) is 0 Å². The molecule has 0 bridgehead atoms. The predicted molar refractivity (Wildman–Crippen MR) is 115 cm³/mol. The van der Waals surface area contributed by atoms with Gasteiger partial charge in [-0.1, -0.05) is 36.8 Å². The Balaban J connectivity index is 1.54. The van der Waals surface area contributed by atoms with Crippen molar-refractivity contribution in [1.29, 1.82) is 0 Å². The summed E-state index contributed by atoms with van der Waals surface area (Å²) in [6, 6.07) is 5.27. The molecule has 1 saturated heterocycles. The van der Waals surface area contributed by atoms with Gasteiger partial charge < -0.3 is 9.64 Å². The summed E-state index contributed by atoms with van der Waals surface area (Å²) in [5, 5.41) is 0.539. The Morgan fingerprint density at radius 3 is 2.52 bits per heavy atom. The van der Waals surface area contributed by atoms with E-state index in [0.717, 1.165) is 16.0 Å². The first-order valence-electron chi connectivity index (χ1n) is 9.74. The van der Waals surface area contributed by atoms with Gasteiger partial charge in [0.05, 0.1) is 16.1 Å². The molecule has 1 aliphatic rings. The molecule has 1 amide bonds. The highest BCUT2D eigenvalue weighted by Gasteiger charge is 2.24. The number of amides is 1. The number of hydrogen-bond donors (Lipinski definition) is 0. The van der Waals surface area contributed by atoms with Crippen molar-refractivity contribution in [1.82, 2.24) is 14.4 Å². The maximum Gasteiger partial charge on any atom is 0.308 e. The summed E-state index contributed by atoms with van der Waals surface area (Å²) in [5.74, 6) is -0.413. The Labute approximate surface area is 178 Å². The Morgan fingerprint density at radius 2 is 1.86 bits per heavy atom. The monoisotopic (exact) mass is 439 g/mol. The van der Waals surface area contributed by atoms with Crippen LogP contribution in [-0.4, -0.2) is 65.1 Å². The van der Waals surface area contributed by atoms with Gasteiger partial charge in [0.25, 0.3) is 0 Å². The number of nitrogens with zero attached hydrogens (tertiary/aromatic N) is 3. The maximum absolute atomic E-state index is 12.7. The van der Waals surface area contributed by atoms with Gasteiger partial charge in [-0.3, -0.25) is 23.9 Å². The molecule has 2 heterocycles. The second-order valence-corrected chi connectivity index (χ2v) is 9.08. The highest BCUT2D eigenvalue weighted by Crippen LogP contribution is 2.21. The lowest BCUT2D eigenvalue weighted by atomic mass is 10.2. The molecule has 0 spiro atoms. The van der Waals surface area contributed by atoms with E-state index in [0.29, 0.717) is 43.3 Å².